The van der Waals surface area contributed by atoms with E-state index in [1.54, 1.807) is 6.07 Å². The number of fused-ring (bicyclic) bond motifs is 1. The van der Waals surface area contributed by atoms with Gasteiger partial charge in [0.15, 0.2) is 6.61 Å². The first-order valence-corrected chi connectivity index (χ1v) is 8.79. The normalized spacial score (nSPS) is 15.5. The number of nitrogens with one attached hydrogen (secondary N) is 1. The molecule has 27 heavy (non-hydrogen) atoms. The number of carbonyl (C=O) groups excluding carboxylic acids is 2. The summed E-state index contributed by atoms with van der Waals surface area (Å²) in [5.74, 6) is -1.06. The summed E-state index contributed by atoms with van der Waals surface area (Å²) in [7, 11) is 0. The molecule has 7 heteroatoms. The fourth-order valence-corrected chi connectivity index (χ4v) is 3.33. The van der Waals surface area contributed by atoms with Crippen LogP contribution >= 0.6 is 0 Å². The molecular formula is C20H20N2O5. The number of aryl methyl sites for hydroxylation is 1. The number of nitrogens with zero attached hydrogens (tertiary/aromatic N) is 1. The molecule has 1 aliphatic carbocycles. The Labute approximate surface area is 156 Å². The van der Waals surface area contributed by atoms with E-state index in [1.807, 2.05) is 18.2 Å². The Morgan fingerprint density at radius 2 is 1.89 bits per heavy atom. The van der Waals surface area contributed by atoms with Crippen LogP contribution in [0.15, 0.2) is 48.5 Å². The molecule has 0 bridgehead atoms. The maximum atomic E-state index is 12.2. The lowest BCUT2D eigenvalue weighted by Gasteiger charge is -2.26. The number of benzene rings is 2. The number of nitro groups is 1. The number of nitro benzene ring substituents is 1. The zero-order chi connectivity index (χ0) is 19.2. The zero-order valence-corrected chi connectivity index (χ0v) is 14.7. The molecule has 3 rings (SSSR count). The van der Waals surface area contributed by atoms with Gasteiger partial charge in [0.1, 0.15) is 0 Å². The van der Waals surface area contributed by atoms with Crippen molar-refractivity contribution < 1.29 is 19.2 Å². The Balaban J connectivity index is 1.53. The maximum absolute atomic E-state index is 12.2. The second-order valence-electron chi connectivity index (χ2n) is 6.43. The highest BCUT2D eigenvalue weighted by Gasteiger charge is 2.22. The monoisotopic (exact) mass is 368 g/mol. The van der Waals surface area contributed by atoms with Crippen molar-refractivity contribution in [2.45, 2.75) is 31.7 Å². The van der Waals surface area contributed by atoms with E-state index in [4.69, 9.17) is 4.74 Å². The molecule has 0 heterocycles. The number of esters is 1. The molecule has 7 nitrogen and oxygen atoms in total. The summed E-state index contributed by atoms with van der Waals surface area (Å²) >= 11 is 0. The van der Waals surface area contributed by atoms with E-state index in [-0.39, 0.29) is 29.6 Å². The van der Waals surface area contributed by atoms with Crippen LogP contribution in [0.1, 0.15) is 35.6 Å². The highest BCUT2D eigenvalue weighted by molar-refractivity contribution is 5.82. The van der Waals surface area contributed by atoms with E-state index in [9.17, 15) is 19.7 Å². The van der Waals surface area contributed by atoms with E-state index in [2.05, 4.69) is 11.4 Å². The van der Waals surface area contributed by atoms with E-state index in [0.29, 0.717) is 0 Å². The van der Waals surface area contributed by atoms with Crippen molar-refractivity contribution in [2.75, 3.05) is 6.61 Å². The summed E-state index contributed by atoms with van der Waals surface area (Å²) in [4.78, 5) is 34.5. The molecule has 2 aromatic rings. The van der Waals surface area contributed by atoms with Crippen molar-refractivity contribution in [3.05, 3.63) is 75.3 Å². The number of para-hydroxylation sites is 1. The van der Waals surface area contributed by atoms with Gasteiger partial charge in [-0.3, -0.25) is 19.7 Å². The van der Waals surface area contributed by atoms with Gasteiger partial charge in [-0.1, -0.05) is 42.5 Å². The van der Waals surface area contributed by atoms with Crippen molar-refractivity contribution in [3.8, 4) is 0 Å². The van der Waals surface area contributed by atoms with Crippen LogP contribution in [0.4, 0.5) is 5.69 Å². The lowest BCUT2D eigenvalue weighted by Crippen LogP contribution is -2.34. The van der Waals surface area contributed by atoms with Crippen molar-refractivity contribution in [1.82, 2.24) is 5.32 Å². The van der Waals surface area contributed by atoms with Crippen LogP contribution in [0.2, 0.25) is 0 Å². The van der Waals surface area contributed by atoms with Crippen molar-refractivity contribution in [2.24, 2.45) is 0 Å². The fourth-order valence-electron chi connectivity index (χ4n) is 3.33. The molecule has 1 N–H and O–H groups in total. The van der Waals surface area contributed by atoms with E-state index < -0.39 is 17.5 Å². The summed E-state index contributed by atoms with van der Waals surface area (Å²) in [5, 5.41) is 13.9. The minimum absolute atomic E-state index is 0.0867. The standard InChI is InChI=1S/C20H20N2O5/c23-19(21-17-10-5-8-14-6-1-3-9-16(14)17)13-27-20(24)12-15-7-2-4-11-18(15)22(25)26/h1-4,6-7,9,11,17H,5,8,10,12-13H2,(H,21,23). The zero-order valence-electron chi connectivity index (χ0n) is 14.7. The Bertz CT molecular complexity index is 865. The predicted octanol–water partition coefficient (Wildman–Crippen LogP) is 2.87. The third kappa shape index (κ3) is 4.69. The average molecular weight is 368 g/mol. The Kier molecular flexibility index (Phi) is 5.80. The number of hydrogen-bond acceptors (Lipinski definition) is 5. The Morgan fingerprint density at radius 1 is 1.15 bits per heavy atom. The number of carbonyl (C=O) groups is 2. The van der Waals surface area contributed by atoms with Gasteiger partial charge in [-0.2, -0.15) is 0 Å². The van der Waals surface area contributed by atoms with Gasteiger partial charge >= 0.3 is 5.97 Å². The van der Waals surface area contributed by atoms with E-state index >= 15 is 0 Å². The number of hydrogen-bond donors (Lipinski definition) is 1. The largest absolute Gasteiger partial charge is 0.455 e. The van der Waals surface area contributed by atoms with Crippen LogP contribution in [0.3, 0.4) is 0 Å². The first-order valence-electron chi connectivity index (χ1n) is 8.79. The first-order chi connectivity index (χ1) is 13.0. The molecular weight excluding hydrogens is 348 g/mol. The molecule has 1 atom stereocenters. The molecule has 0 saturated carbocycles. The number of ether oxygens (including phenoxy) is 1. The summed E-state index contributed by atoms with van der Waals surface area (Å²) in [6.07, 6.45) is 2.57. The van der Waals surface area contributed by atoms with Crippen LogP contribution in [0.5, 0.6) is 0 Å². The highest BCUT2D eigenvalue weighted by atomic mass is 16.6. The third-order valence-corrected chi connectivity index (χ3v) is 4.59. The van der Waals surface area contributed by atoms with Crippen molar-refractivity contribution >= 4 is 17.6 Å². The van der Waals surface area contributed by atoms with E-state index in [1.165, 1.54) is 23.8 Å². The Hall–Kier alpha value is -3.22. The van der Waals surface area contributed by atoms with Gasteiger partial charge < -0.3 is 10.1 Å². The summed E-state index contributed by atoms with van der Waals surface area (Å²) < 4.78 is 5.00. The van der Waals surface area contributed by atoms with Crippen LogP contribution < -0.4 is 5.32 Å². The molecule has 0 saturated heterocycles. The average Bonchev–Trinajstić information content (AvgIpc) is 2.67. The quantitative estimate of drug-likeness (QED) is 0.480. The molecule has 140 valence electrons. The SMILES string of the molecule is O=C(COC(=O)Cc1ccccc1[N+](=O)[O-])NC1CCCc2ccccc21. The molecule has 0 radical (unpaired) electrons. The predicted molar refractivity (Wildman–Crippen MR) is 98.0 cm³/mol. The van der Waals surface area contributed by atoms with Gasteiger partial charge in [0.05, 0.1) is 17.4 Å². The highest BCUT2D eigenvalue weighted by Crippen LogP contribution is 2.29. The van der Waals surface area contributed by atoms with Crippen LogP contribution in [-0.4, -0.2) is 23.4 Å². The molecule has 1 aliphatic rings. The van der Waals surface area contributed by atoms with Crippen LogP contribution in [0.25, 0.3) is 0 Å². The fraction of sp³-hybridized carbons (Fsp3) is 0.300. The summed E-state index contributed by atoms with van der Waals surface area (Å²) in [6, 6.07) is 13.9. The molecule has 1 amide bonds. The van der Waals surface area contributed by atoms with E-state index in [0.717, 1.165) is 24.8 Å². The number of amides is 1. The van der Waals surface area contributed by atoms with Gasteiger partial charge in [0, 0.05) is 11.6 Å². The van der Waals surface area contributed by atoms with Crippen molar-refractivity contribution in [1.29, 1.82) is 0 Å². The second kappa shape index (κ2) is 8.44. The second-order valence-corrected chi connectivity index (χ2v) is 6.43. The molecule has 0 aliphatic heterocycles. The smallest absolute Gasteiger partial charge is 0.311 e. The third-order valence-electron chi connectivity index (χ3n) is 4.59. The van der Waals surface area contributed by atoms with Crippen LogP contribution in [-0.2, 0) is 27.2 Å². The van der Waals surface area contributed by atoms with Gasteiger partial charge in [-0.15, -0.1) is 0 Å². The van der Waals surface area contributed by atoms with Gasteiger partial charge in [-0.05, 0) is 30.4 Å². The Morgan fingerprint density at radius 3 is 2.70 bits per heavy atom. The molecule has 0 spiro atoms. The molecule has 0 aromatic heterocycles. The lowest BCUT2D eigenvalue weighted by atomic mass is 9.88. The maximum Gasteiger partial charge on any atom is 0.311 e. The minimum Gasteiger partial charge on any atom is -0.455 e. The van der Waals surface area contributed by atoms with Gasteiger partial charge in [0.2, 0.25) is 0 Å². The first kappa shape index (κ1) is 18.6. The molecule has 0 fully saturated rings. The van der Waals surface area contributed by atoms with Crippen LogP contribution in [0, 0.1) is 10.1 Å². The van der Waals surface area contributed by atoms with Crippen molar-refractivity contribution in [3.63, 3.8) is 0 Å². The molecule has 1 unspecified atom stereocenters. The van der Waals surface area contributed by atoms with Gasteiger partial charge in [-0.25, -0.2) is 0 Å². The van der Waals surface area contributed by atoms with Gasteiger partial charge in [0.25, 0.3) is 11.6 Å². The molecule has 2 aromatic carbocycles. The summed E-state index contributed by atoms with van der Waals surface area (Å²) in [5.41, 5.74) is 2.44. The number of rotatable bonds is 6. The topological polar surface area (TPSA) is 98.5 Å². The minimum atomic E-state index is -0.677. The summed E-state index contributed by atoms with van der Waals surface area (Å²) in [6.45, 7) is -0.405. The lowest BCUT2D eigenvalue weighted by molar-refractivity contribution is -0.385.